The summed E-state index contributed by atoms with van der Waals surface area (Å²) < 4.78 is 4.85. The topological polar surface area (TPSA) is 78.8 Å². The standard InChI is InChI=1S/C13H19N3O2/c1-4-18-13(17)6-5-11(8-14)7-12-9(2)10(3)15-16-12/h7-8,14H,4-6H2,1-3H3,(H,15,16)/b11-7+,14-8?. The molecule has 1 rings (SSSR count). The largest absolute Gasteiger partial charge is 0.466 e. The fourth-order valence-corrected chi connectivity index (χ4v) is 1.49. The third-order valence-electron chi connectivity index (χ3n) is 2.72. The number of carbonyl (C=O) groups excluding carboxylic acids is 1. The van der Waals surface area contributed by atoms with Gasteiger partial charge in [0.15, 0.2) is 0 Å². The van der Waals surface area contributed by atoms with Gasteiger partial charge in [0, 0.05) is 18.3 Å². The first-order valence-electron chi connectivity index (χ1n) is 5.96. The minimum Gasteiger partial charge on any atom is -0.466 e. The van der Waals surface area contributed by atoms with Crippen molar-refractivity contribution in [3.05, 3.63) is 22.5 Å². The summed E-state index contributed by atoms with van der Waals surface area (Å²) in [5, 5.41) is 14.4. The molecule has 0 bridgehead atoms. The highest BCUT2D eigenvalue weighted by Crippen LogP contribution is 2.14. The van der Waals surface area contributed by atoms with E-state index in [9.17, 15) is 4.79 Å². The molecule has 5 nitrogen and oxygen atoms in total. The van der Waals surface area contributed by atoms with Crippen LogP contribution in [0.15, 0.2) is 5.57 Å². The molecule has 0 saturated heterocycles. The maximum absolute atomic E-state index is 11.2. The van der Waals surface area contributed by atoms with Gasteiger partial charge in [-0.15, -0.1) is 0 Å². The predicted octanol–water partition coefficient (Wildman–Crippen LogP) is 2.40. The molecule has 0 aromatic carbocycles. The molecular weight excluding hydrogens is 230 g/mol. The van der Waals surface area contributed by atoms with Crippen molar-refractivity contribution in [2.24, 2.45) is 0 Å². The van der Waals surface area contributed by atoms with Crippen molar-refractivity contribution in [2.45, 2.75) is 33.6 Å². The lowest BCUT2D eigenvalue weighted by Crippen LogP contribution is -2.04. The molecule has 0 unspecified atom stereocenters. The Labute approximate surface area is 107 Å². The van der Waals surface area contributed by atoms with Crippen LogP contribution in [0.1, 0.15) is 36.7 Å². The summed E-state index contributed by atoms with van der Waals surface area (Å²) >= 11 is 0. The molecule has 0 radical (unpaired) electrons. The van der Waals surface area contributed by atoms with Crippen molar-refractivity contribution in [2.75, 3.05) is 6.61 Å². The number of nitrogens with one attached hydrogen (secondary N) is 2. The number of rotatable bonds is 6. The molecule has 0 fully saturated rings. The molecule has 0 spiro atoms. The molecule has 0 aliphatic rings. The van der Waals surface area contributed by atoms with Crippen molar-refractivity contribution in [1.82, 2.24) is 10.2 Å². The number of esters is 1. The number of hydrogen-bond donors (Lipinski definition) is 2. The highest BCUT2D eigenvalue weighted by atomic mass is 16.5. The van der Waals surface area contributed by atoms with Gasteiger partial charge in [-0.05, 0) is 44.4 Å². The van der Waals surface area contributed by atoms with Gasteiger partial charge in [0.1, 0.15) is 0 Å². The lowest BCUT2D eigenvalue weighted by molar-refractivity contribution is -0.143. The Balaban J connectivity index is 2.69. The number of ether oxygens (including phenoxy) is 1. The minimum atomic E-state index is -0.236. The second-order valence-electron chi connectivity index (χ2n) is 4.03. The van der Waals surface area contributed by atoms with Gasteiger partial charge in [-0.3, -0.25) is 9.89 Å². The summed E-state index contributed by atoms with van der Waals surface area (Å²) in [5.41, 5.74) is 3.65. The molecule has 1 aromatic heterocycles. The Bertz CT molecular complexity index is 461. The van der Waals surface area contributed by atoms with Crippen LogP contribution >= 0.6 is 0 Å². The van der Waals surface area contributed by atoms with Crippen LogP contribution in [0.4, 0.5) is 0 Å². The fraction of sp³-hybridized carbons (Fsp3) is 0.462. The highest BCUT2D eigenvalue weighted by Gasteiger charge is 2.06. The van der Waals surface area contributed by atoms with Gasteiger partial charge >= 0.3 is 5.97 Å². The summed E-state index contributed by atoms with van der Waals surface area (Å²) in [5.74, 6) is -0.236. The van der Waals surface area contributed by atoms with E-state index >= 15 is 0 Å². The van der Waals surface area contributed by atoms with E-state index in [-0.39, 0.29) is 12.4 Å². The molecule has 0 aliphatic heterocycles. The quantitative estimate of drug-likeness (QED) is 0.600. The SMILES string of the molecule is CCOC(=O)CC/C(C=N)=C\c1n[nH]c(C)c1C. The van der Waals surface area contributed by atoms with Crippen molar-refractivity contribution >= 4 is 18.3 Å². The minimum absolute atomic E-state index is 0.236. The molecular formula is C13H19N3O2. The molecule has 2 N–H and O–H groups in total. The van der Waals surface area contributed by atoms with E-state index in [1.165, 1.54) is 6.21 Å². The number of H-pyrrole nitrogens is 1. The summed E-state index contributed by atoms with van der Waals surface area (Å²) in [6.07, 6.45) is 3.86. The molecule has 0 aliphatic carbocycles. The van der Waals surface area contributed by atoms with Crippen molar-refractivity contribution in [1.29, 1.82) is 5.41 Å². The normalized spacial score (nSPS) is 11.4. The van der Waals surface area contributed by atoms with E-state index in [0.29, 0.717) is 13.0 Å². The summed E-state index contributed by atoms with van der Waals surface area (Å²) in [7, 11) is 0. The van der Waals surface area contributed by atoms with Crippen LogP contribution in [0.25, 0.3) is 6.08 Å². The number of allylic oxidation sites excluding steroid dienone is 1. The zero-order valence-corrected chi connectivity index (χ0v) is 11.0. The van der Waals surface area contributed by atoms with Crippen LogP contribution < -0.4 is 0 Å². The van der Waals surface area contributed by atoms with Gasteiger partial charge in [-0.25, -0.2) is 0 Å². The molecule has 0 atom stereocenters. The third-order valence-corrected chi connectivity index (χ3v) is 2.72. The van der Waals surface area contributed by atoms with Gasteiger partial charge in [-0.2, -0.15) is 5.10 Å². The van der Waals surface area contributed by atoms with E-state index in [4.69, 9.17) is 10.1 Å². The lowest BCUT2D eigenvalue weighted by Gasteiger charge is -2.02. The van der Waals surface area contributed by atoms with Crippen LogP contribution in [0.3, 0.4) is 0 Å². The van der Waals surface area contributed by atoms with E-state index in [0.717, 1.165) is 22.5 Å². The first-order valence-corrected chi connectivity index (χ1v) is 5.96. The summed E-state index contributed by atoms with van der Waals surface area (Å²) in [4.78, 5) is 11.2. The fourth-order valence-electron chi connectivity index (χ4n) is 1.49. The molecule has 1 aromatic rings. The number of aromatic nitrogens is 2. The van der Waals surface area contributed by atoms with Crippen LogP contribution in [-0.2, 0) is 9.53 Å². The van der Waals surface area contributed by atoms with Gasteiger partial charge in [0.2, 0.25) is 0 Å². The Morgan fingerprint density at radius 3 is 2.67 bits per heavy atom. The molecule has 1 heterocycles. The van der Waals surface area contributed by atoms with Crippen molar-refractivity contribution in [3.63, 3.8) is 0 Å². The van der Waals surface area contributed by atoms with Gasteiger partial charge in [0.25, 0.3) is 0 Å². The van der Waals surface area contributed by atoms with E-state index in [1.807, 2.05) is 19.9 Å². The first kappa shape index (κ1) is 14.2. The average molecular weight is 249 g/mol. The van der Waals surface area contributed by atoms with E-state index < -0.39 is 0 Å². The zero-order chi connectivity index (χ0) is 13.5. The van der Waals surface area contributed by atoms with Crippen molar-refractivity contribution < 1.29 is 9.53 Å². The molecule has 18 heavy (non-hydrogen) atoms. The first-order chi connectivity index (χ1) is 8.58. The monoisotopic (exact) mass is 249 g/mol. The highest BCUT2D eigenvalue weighted by molar-refractivity contribution is 5.84. The Kier molecular flexibility index (Phi) is 5.30. The van der Waals surface area contributed by atoms with Crippen LogP contribution in [-0.4, -0.2) is 29.0 Å². The van der Waals surface area contributed by atoms with Gasteiger partial charge < -0.3 is 10.1 Å². The van der Waals surface area contributed by atoms with Crippen LogP contribution in [0.2, 0.25) is 0 Å². The van der Waals surface area contributed by atoms with E-state index in [2.05, 4.69) is 10.2 Å². The second-order valence-corrected chi connectivity index (χ2v) is 4.03. The van der Waals surface area contributed by atoms with Crippen molar-refractivity contribution in [3.8, 4) is 0 Å². The number of hydrogen-bond acceptors (Lipinski definition) is 4. The molecule has 98 valence electrons. The third kappa shape index (κ3) is 3.84. The Hall–Kier alpha value is -1.91. The maximum atomic E-state index is 11.2. The molecule has 5 heteroatoms. The number of aryl methyl sites for hydroxylation is 1. The number of carbonyl (C=O) groups is 1. The van der Waals surface area contributed by atoms with Gasteiger partial charge in [-0.1, -0.05) is 0 Å². The zero-order valence-electron chi connectivity index (χ0n) is 11.0. The average Bonchev–Trinajstić information content (AvgIpc) is 2.66. The van der Waals surface area contributed by atoms with Crippen LogP contribution in [0, 0.1) is 19.3 Å². The van der Waals surface area contributed by atoms with E-state index in [1.54, 1.807) is 6.92 Å². The number of aromatic amines is 1. The van der Waals surface area contributed by atoms with Gasteiger partial charge in [0.05, 0.1) is 12.3 Å². The smallest absolute Gasteiger partial charge is 0.306 e. The Morgan fingerprint density at radius 1 is 1.44 bits per heavy atom. The lowest BCUT2D eigenvalue weighted by atomic mass is 10.1. The molecule has 0 amide bonds. The summed E-state index contributed by atoms with van der Waals surface area (Å²) in [6, 6.07) is 0. The summed E-state index contributed by atoms with van der Waals surface area (Å²) in [6.45, 7) is 6.08. The maximum Gasteiger partial charge on any atom is 0.306 e. The predicted molar refractivity (Wildman–Crippen MR) is 70.7 cm³/mol. The molecule has 0 saturated carbocycles. The van der Waals surface area contributed by atoms with Crippen LogP contribution in [0.5, 0.6) is 0 Å². The Morgan fingerprint density at radius 2 is 2.17 bits per heavy atom. The second kappa shape index (κ2) is 6.74. The number of nitrogens with zero attached hydrogens (tertiary/aromatic N) is 1.